The smallest absolute Gasteiger partial charge is 0.0447 e. The minimum Gasteiger partial charge on any atom is -0.344 e. The van der Waals surface area contributed by atoms with Gasteiger partial charge in [-0.3, -0.25) is 0 Å². The Bertz CT molecular complexity index is 833. The van der Waals surface area contributed by atoms with Crippen molar-refractivity contribution in [2.45, 2.75) is 25.7 Å². The van der Waals surface area contributed by atoms with Gasteiger partial charge in [0, 0.05) is 24.3 Å². The van der Waals surface area contributed by atoms with Crippen molar-refractivity contribution in [1.29, 1.82) is 0 Å². The van der Waals surface area contributed by atoms with E-state index in [1.54, 1.807) is 0 Å². The van der Waals surface area contributed by atoms with Crippen LogP contribution >= 0.6 is 0 Å². The molecule has 3 aromatic carbocycles. The number of para-hydroxylation sites is 2. The molecule has 0 radical (unpaired) electrons. The van der Waals surface area contributed by atoms with Crippen molar-refractivity contribution < 1.29 is 0 Å². The van der Waals surface area contributed by atoms with Gasteiger partial charge in [0.05, 0.1) is 0 Å². The van der Waals surface area contributed by atoms with Gasteiger partial charge in [0.15, 0.2) is 0 Å². The molecule has 1 heterocycles. The summed E-state index contributed by atoms with van der Waals surface area (Å²) in [6, 6.07) is 26.5. The minimum absolute atomic E-state index is 0.384. The monoisotopic (exact) mass is 313 g/mol. The van der Waals surface area contributed by atoms with E-state index < -0.39 is 0 Å². The Kier molecular flexibility index (Phi) is 3.65. The van der Waals surface area contributed by atoms with Crippen molar-refractivity contribution in [3.8, 4) is 0 Å². The zero-order valence-electron chi connectivity index (χ0n) is 14.5. The molecule has 4 rings (SSSR count). The largest absolute Gasteiger partial charge is 0.344 e. The first kappa shape index (κ1) is 15.0. The number of anilines is 2. The Morgan fingerprint density at radius 2 is 1.25 bits per heavy atom. The molecule has 120 valence electrons. The fraction of sp³-hybridized carbons (Fsp3) is 0.217. The van der Waals surface area contributed by atoms with E-state index in [-0.39, 0.29) is 0 Å². The summed E-state index contributed by atoms with van der Waals surface area (Å²) in [5, 5.41) is 0. The van der Waals surface area contributed by atoms with Gasteiger partial charge < -0.3 is 4.90 Å². The van der Waals surface area contributed by atoms with Gasteiger partial charge in [0.1, 0.15) is 0 Å². The normalized spacial score (nSPS) is 14.9. The number of hydrogen-bond acceptors (Lipinski definition) is 1. The third kappa shape index (κ3) is 2.24. The van der Waals surface area contributed by atoms with E-state index in [9.17, 15) is 0 Å². The third-order valence-corrected chi connectivity index (χ3v) is 5.45. The molecule has 0 bridgehead atoms. The Morgan fingerprint density at radius 1 is 0.750 bits per heavy atom. The Balaban J connectivity index is 1.92. The van der Waals surface area contributed by atoms with Crippen LogP contribution < -0.4 is 4.90 Å². The van der Waals surface area contributed by atoms with E-state index in [1.807, 2.05) is 0 Å². The minimum atomic E-state index is 0.384. The molecule has 0 amide bonds. The van der Waals surface area contributed by atoms with Crippen molar-refractivity contribution in [2.24, 2.45) is 0 Å². The summed E-state index contributed by atoms with van der Waals surface area (Å²) in [6.45, 7) is 4.59. The molecule has 0 saturated carbocycles. The summed E-state index contributed by atoms with van der Waals surface area (Å²) < 4.78 is 0. The lowest BCUT2D eigenvalue weighted by Crippen LogP contribution is -2.24. The maximum atomic E-state index is 2.37. The van der Waals surface area contributed by atoms with Gasteiger partial charge in [0.2, 0.25) is 0 Å². The fourth-order valence-electron chi connectivity index (χ4n) is 4.23. The van der Waals surface area contributed by atoms with Gasteiger partial charge in [-0.25, -0.2) is 0 Å². The average Bonchev–Trinajstić information content (AvgIpc) is 2.62. The highest BCUT2D eigenvalue weighted by Crippen LogP contribution is 2.50. The fourth-order valence-corrected chi connectivity index (χ4v) is 4.23. The van der Waals surface area contributed by atoms with Crippen LogP contribution in [0.15, 0.2) is 72.8 Å². The van der Waals surface area contributed by atoms with Gasteiger partial charge >= 0.3 is 0 Å². The lowest BCUT2D eigenvalue weighted by molar-refractivity contribution is 0.646. The van der Waals surface area contributed by atoms with Gasteiger partial charge in [-0.2, -0.15) is 0 Å². The van der Waals surface area contributed by atoms with E-state index in [0.717, 1.165) is 0 Å². The SMILES string of the molecule is Cc1ccccc1C(C)C1c2ccccc2N(C)c2ccccc21. The number of benzene rings is 3. The van der Waals surface area contributed by atoms with Gasteiger partial charge in [0.25, 0.3) is 0 Å². The highest BCUT2D eigenvalue weighted by Gasteiger charge is 2.32. The van der Waals surface area contributed by atoms with Crippen molar-refractivity contribution >= 4 is 11.4 Å². The molecule has 0 fully saturated rings. The molecule has 1 atom stereocenters. The van der Waals surface area contributed by atoms with Gasteiger partial charge in [-0.05, 0) is 47.2 Å². The number of fused-ring (bicyclic) bond motifs is 2. The van der Waals surface area contributed by atoms with Crippen LogP contribution in [0.1, 0.15) is 41.0 Å². The van der Waals surface area contributed by atoms with E-state index in [0.29, 0.717) is 11.8 Å². The van der Waals surface area contributed by atoms with E-state index >= 15 is 0 Å². The molecule has 0 spiro atoms. The van der Waals surface area contributed by atoms with Crippen LogP contribution in [0.5, 0.6) is 0 Å². The predicted molar refractivity (Wildman–Crippen MR) is 102 cm³/mol. The molecule has 1 heteroatoms. The molecular formula is C23H23N. The lowest BCUT2D eigenvalue weighted by atomic mass is 9.74. The second kappa shape index (κ2) is 5.83. The standard InChI is InChI=1S/C23H23N/c1-16-10-4-5-11-18(16)17(2)23-19-12-6-8-14-21(19)24(3)22-15-9-7-13-20(22)23/h4-15,17,23H,1-3H3. The number of aryl methyl sites for hydroxylation is 1. The van der Waals surface area contributed by atoms with Crippen LogP contribution in [-0.2, 0) is 0 Å². The van der Waals surface area contributed by atoms with Gasteiger partial charge in [-0.15, -0.1) is 0 Å². The second-order valence-corrected chi connectivity index (χ2v) is 6.80. The Hall–Kier alpha value is -2.54. The Morgan fingerprint density at radius 3 is 1.83 bits per heavy atom. The van der Waals surface area contributed by atoms with Crippen molar-refractivity contribution in [3.05, 3.63) is 95.1 Å². The summed E-state index contributed by atoms with van der Waals surface area (Å²) in [7, 11) is 2.17. The van der Waals surface area contributed by atoms with Crippen molar-refractivity contribution in [2.75, 3.05) is 11.9 Å². The number of nitrogens with zero attached hydrogens (tertiary/aromatic N) is 1. The van der Waals surface area contributed by atoms with E-state index in [4.69, 9.17) is 0 Å². The van der Waals surface area contributed by atoms with Crippen LogP contribution in [-0.4, -0.2) is 7.05 Å². The topological polar surface area (TPSA) is 3.24 Å². The van der Waals surface area contributed by atoms with Crippen LogP contribution in [0, 0.1) is 6.92 Å². The van der Waals surface area contributed by atoms with E-state index in [2.05, 4.69) is 98.6 Å². The zero-order chi connectivity index (χ0) is 16.7. The van der Waals surface area contributed by atoms with E-state index in [1.165, 1.54) is 33.6 Å². The first-order chi connectivity index (χ1) is 11.7. The molecule has 1 aliphatic heterocycles. The molecule has 24 heavy (non-hydrogen) atoms. The maximum Gasteiger partial charge on any atom is 0.0447 e. The van der Waals surface area contributed by atoms with Crippen molar-refractivity contribution in [1.82, 2.24) is 0 Å². The zero-order valence-corrected chi connectivity index (χ0v) is 14.5. The summed E-state index contributed by atoms with van der Waals surface area (Å²) in [5.41, 5.74) is 8.31. The molecule has 1 nitrogen and oxygen atoms in total. The van der Waals surface area contributed by atoms with Crippen LogP contribution in [0.3, 0.4) is 0 Å². The second-order valence-electron chi connectivity index (χ2n) is 6.80. The number of hydrogen-bond donors (Lipinski definition) is 0. The molecule has 1 aliphatic rings. The van der Waals surface area contributed by atoms with Crippen LogP contribution in [0.25, 0.3) is 0 Å². The summed E-state index contributed by atoms with van der Waals surface area (Å²) in [6.07, 6.45) is 0. The molecular weight excluding hydrogens is 290 g/mol. The average molecular weight is 313 g/mol. The molecule has 0 N–H and O–H groups in total. The van der Waals surface area contributed by atoms with Crippen LogP contribution in [0.4, 0.5) is 11.4 Å². The Labute approximate surface area is 144 Å². The maximum absolute atomic E-state index is 2.37. The summed E-state index contributed by atoms with van der Waals surface area (Å²) in [5.74, 6) is 0.817. The first-order valence-electron chi connectivity index (χ1n) is 8.65. The molecule has 0 saturated heterocycles. The van der Waals surface area contributed by atoms with Crippen LogP contribution in [0.2, 0.25) is 0 Å². The molecule has 3 aromatic rings. The first-order valence-corrected chi connectivity index (χ1v) is 8.65. The van der Waals surface area contributed by atoms with Crippen molar-refractivity contribution in [3.63, 3.8) is 0 Å². The highest BCUT2D eigenvalue weighted by atomic mass is 15.1. The lowest BCUT2D eigenvalue weighted by Gasteiger charge is -2.38. The quantitative estimate of drug-likeness (QED) is 0.560. The predicted octanol–water partition coefficient (Wildman–Crippen LogP) is 6.01. The highest BCUT2D eigenvalue weighted by molar-refractivity contribution is 5.76. The van der Waals surface area contributed by atoms with Gasteiger partial charge in [-0.1, -0.05) is 67.6 Å². The summed E-state index contributed by atoms with van der Waals surface area (Å²) in [4.78, 5) is 2.33. The summed E-state index contributed by atoms with van der Waals surface area (Å²) >= 11 is 0. The third-order valence-electron chi connectivity index (χ3n) is 5.45. The number of rotatable bonds is 2. The molecule has 0 aliphatic carbocycles. The molecule has 0 aromatic heterocycles. The molecule has 1 unspecified atom stereocenters.